The van der Waals surface area contributed by atoms with E-state index >= 15 is 0 Å². The van der Waals surface area contributed by atoms with Gasteiger partial charge >= 0.3 is 11.9 Å². The predicted molar refractivity (Wildman–Crippen MR) is 66.4 cm³/mol. The van der Waals surface area contributed by atoms with Crippen molar-refractivity contribution in [3.63, 3.8) is 0 Å². The quantitative estimate of drug-likeness (QED) is 0.388. The number of unbranched alkanes of at least 4 members (excludes halogenated alkanes) is 5. The number of hydrogen-bond donors (Lipinski definition) is 0. The summed E-state index contributed by atoms with van der Waals surface area (Å²) >= 11 is 0. The molecule has 1 unspecified atom stereocenters. The van der Waals surface area contributed by atoms with Crippen LogP contribution >= 0.6 is 0 Å². The van der Waals surface area contributed by atoms with Crippen molar-refractivity contribution in [2.45, 2.75) is 71.1 Å². The zero-order valence-corrected chi connectivity index (χ0v) is 10.9. The first-order valence-electron chi connectivity index (χ1n) is 6.98. The number of carbonyl (C=O) groups excluding carboxylic acids is 2. The van der Waals surface area contributed by atoms with Crippen molar-refractivity contribution >= 4 is 11.9 Å². The average molecular weight is 240 g/mol. The van der Waals surface area contributed by atoms with Gasteiger partial charge in [0.1, 0.15) is 0 Å². The van der Waals surface area contributed by atoms with Gasteiger partial charge in [0.05, 0.1) is 5.92 Å². The molecule has 0 radical (unpaired) electrons. The maximum Gasteiger partial charge on any atom is 0.316 e. The minimum Gasteiger partial charge on any atom is -0.393 e. The lowest BCUT2D eigenvalue weighted by Gasteiger charge is -2.10. The second-order valence-electron chi connectivity index (χ2n) is 4.94. The van der Waals surface area contributed by atoms with E-state index in [0.29, 0.717) is 6.42 Å². The smallest absolute Gasteiger partial charge is 0.316 e. The summed E-state index contributed by atoms with van der Waals surface area (Å²) in [4.78, 5) is 22.6. The lowest BCUT2D eigenvalue weighted by atomic mass is 9.96. The maximum atomic E-state index is 11.5. The summed E-state index contributed by atoms with van der Waals surface area (Å²) in [6.45, 7) is 2.21. The van der Waals surface area contributed by atoms with E-state index in [1.165, 1.54) is 32.1 Å². The molecule has 0 aliphatic carbocycles. The Bertz CT molecular complexity index is 248. The van der Waals surface area contributed by atoms with Gasteiger partial charge in [0.2, 0.25) is 0 Å². The van der Waals surface area contributed by atoms with Gasteiger partial charge in [-0.3, -0.25) is 9.59 Å². The van der Waals surface area contributed by atoms with Crippen LogP contribution in [0.15, 0.2) is 0 Å². The Morgan fingerprint density at radius 1 is 1.12 bits per heavy atom. The Balaban J connectivity index is 2.13. The normalized spacial score (nSPS) is 21.1. The van der Waals surface area contributed by atoms with E-state index in [1.807, 2.05) is 0 Å². The summed E-state index contributed by atoms with van der Waals surface area (Å²) in [6.07, 6.45) is 10.3. The highest BCUT2D eigenvalue weighted by atomic mass is 16.6. The summed E-state index contributed by atoms with van der Waals surface area (Å²) in [5, 5.41) is 0. The molecule has 1 aliphatic rings. The second-order valence-corrected chi connectivity index (χ2v) is 4.94. The molecule has 98 valence electrons. The first kappa shape index (κ1) is 14.2. The van der Waals surface area contributed by atoms with Crippen molar-refractivity contribution in [3.05, 3.63) is 0 Å². The van der Waals surface area contributed by atoms with E-state index in [1.54, 1.807) is 0 Å². The Labute approximate surface area is 104 Å². The molecule has 0 saturated carbocycles. The Morgan fingerprint density at radius 2 is 1.82 bits per heavy atom. The number of esters is 2. The molecule has 3 nitrogen and oxygen atoms in total. The maximum absolute atomic E-state index is 11.5. The fourth-order valence-corrected chi connectivity index (χ4v) is 2.29. The molecule has 0 spiro atoms. The van der Waals surface area contributed by atoms with Crippen molar-refractivity contribution in [1.29, 1.82) is 0 Å². The van der Waals surface area contributed by atoms with E-state index in [4.69, 9.17) is 4.74 Å². The third-order valence-electron chi connectivity index (χ3n) is 3.39. The summed E-state index contributed by atoms with van der Waals surface area (Å²) < 4.78 is 4.74. The van der Waals surface area contributed by atoms with Crippen molar-refractivity contribution in [2.24, 2.45) is 5.92 Å². The van der Waals surface area contributed by atoms with Gasteiger partial charge in [0.25, 0.3) is 0 Å². The minimum atomic E-state index is -0.347. The van der Waals surface area contributed by atoms with Crippen LogP contribution in [0, 0.1) is 5.92 Å². The van der Waals surface area contributed by atoms with Gasteiger partial charge in [-0.2, -0.15) is 0 Å². The Morgan fingerprint density at radius 3 is 2.59 bits per heavy atom. The van der Waals surface area contributed by atoms with Crippen molar-refractivity contribution in [2.75, 3.05) is 0 Å². The largest absolute Gasteiger partial charge is 0.393 e. The monoisotopic (exact) mass is 240 g/mol. The molecule has 1 atom stereocenters. The molecule has 0 N–H and O–H groups in total. The molecule has 0 amide bonds. The number of rotatable bonds is 7. The molecular weight excluding hydrogens is 216 g/mol. The second kappa shape index (κ2) is 8.26. The first-order chi connectivity index (χ1) is 8.24. The van der Waals surface area contributed by atoms with Crippen LogP contribution in [0.4, 0.5) is 0 Å². The minimum absolute atomic E-state index is 0.0346. The van der Waals surface area contributed by atoms with Crippen molar-refractivity contribution in [1.82, 2.24) is 0 Å². The number of hydrogen-bond acceptors (Lipinski definition) is 3. The molecule has 1 heterocycles. The SMILES string of the molecule is CCCCCCCCC1CCCC(=O)OC1=O. The fourth-order valence-electron chi connectivity index (χ4n) is 2.29. The molecule has 1 rings (SSSR count). The van der Waals surface area contributed by atoms with Gasteiger partial charge in [-0.1, -0.05) is 45.4 Å². The molecular formula is C14H24O3. The molecule has 0 bridgehead atoms. The number of carbonyl (C=O) groups is 2. The topological polar surface area (TPSA) is 43.4 Å². The van der Waals surface area contributed by atoms with Gasteiger partial charge in [0.15, 0.2) is 0 Å². The zero-order valence-electron chi connectivity index (χ0n) is 10.9. The van der Waals surface area contributed by atoms with Crippen LogP contribution < -0.4 is 0 Å². The first-order valence-corrected chi connectivity index (χ1v) is 6.98. The van der Waals surface area contributed by atoms with E-state index < -0.39 is 0 Å². The van der Waals surface area contributed by atoms with E-state index in [9.17, 15) is 9.59 Å². The summed E-state index contributed by atoms with van der Waals surface area (Å²) in [7, 11) is 0. The standard InChI is InChI=1S/C14H24O3/c1-2-3-4-5-6-7-9-12-10-8-11-13(15)17-14(12)16/h12H,2-11H2,1H3. The third kappa shape index (κ3) is 5.85. The fraction of sp³-hybridized carbons (Fsp3) is 0.857. The summed E-state index contributed by atoms with van der Waals surface area (Å²) in [6, 6.07) is 0. The Kier molecular flexibility index (Phi) is 6.90. The molecule has 3 heteroatoms. The van der Waals surface area contributed by atoms with Crippen LogP contribution in [-0.2, 0) is 14.3 Å². The van der Waals surface area contributed by atoms with Gasteiger partial charge in [0, 0.05) is 6.42 Å². The predicted octanol–water partition coefficient (Wildman–Crippen LogP) is 3.61. The van der Waals surface area contributed by atoms with Gasteiger partial charge in [-0.05, 0) is 19.3 Å². The van der Waals surface area contributed by atoms with Crippen molar-refractivity contribution < 1.29 is 14.3 Å². The van der Waals surface area contributed by atoms with E-state index in [0.717, 1.165) is 25.7 Å². The van der Waals surface area contributed by atoms with E-state index in [2.05, 4.69) is 6.92 Å². The molecule has 1 aliphatic heterocycles. The van der Waals surface area contributed by atoms with Crippen LogP contribution in [0.2, 0.25) is 0 Å². The number of cyclic esters (lactones) is 2. The third-order valence-corrected chi connectivity index (χ3v) is 3.39. The van der Waals surface area contributed by atoms with Gasteiger partial charge in [-0.25, -0.2) is 0 Å². The van der Waals surface area contributed by atoms with Crippen LogP contribution in [0.5, 0.6) is 0 Å². The average Bonchev–Trinajstić information content (AvgIpc) is 2.45. The van der Waals surface area contributed by atoms with Crippen LogP contribution in [0.1, 0.15) is 71.1 Å². The molecule has 1 saturated heterocycles. The molecule has 0 aromatic carbocycles. The van der Waals surface area contributed by atoms with Gasteiger partial charge < -0.3 is 4.74 Å². The van der Waals surface area contributed by atoms with Crippen molar-refractivity contribution in [3.8, 4) is 0 Å². The van der Waals surface area contributed by atoms with Crippen LogP contribution in [-0.4, -0.2) is 11.9 Å². The van der Waals surface area contributed by atoms with Gasteiger partial charge in [-0.15, -0.1) is 0 Å². The molecule has 0 aromatic heterocycles. The van der Waals surface area contributed by atoms with Crippen LogP contribution in [0.25, 0.3) is 0 Å². The lowest BCUT2D eigenvalue weighted by molar-refractivity contribution is -0.161. The highest BCUT2D eigenvalue weighted by Crippen LogP contribution is 2.22. The lowest BCUT2D eigenvalue weighted by Crippen LogP contribution is -2.17. The zero-order chi connectivity index (χ0) is 12.5. The molecule has 17 heavy (non-hydrogen) atoms. The Hall–Kier alpha value is -0.860. The van der Waals surface area contributed by atoms with Crippen LogP contribution in [0.3, 0.4) is 0 Å². The summed E-state index contributed by atoms with van der Waals surface area (Å²) in [5.74, 6) is -0.672. The highest BCUT2D eigenvalue weighted by Gasteiger charge is 2.25. The summed E-state index contributed by atoms with van der Waals surface area (Å²) in [5.41, 5.74) is 0. The van der Waals surface area contributed by atoms with E-state index in [-0.39, 0.29) is 17.9 Å². The molecule has 0 aromatic rings. The number of ether oxygens (including phenoxy) is 1. The molecule has 1 fully saturated rings. The highest BCUT2D eigenvalue weighted by molar-refractivity contribution is 5.87.